The molecule has 20 heavy (non-hydrogen) atoms. The minimum absolute atomic E-state index is 0.0175. The van der Waals surface area contributed by atoms with Crippen molar-refractivity contribution in [2.24, 2.45) is 0 Å². The summed E-state index contributed by atoms with van der Waals surface area (Å²) < 4.78 is 2.00. The van der Waals surface area contributed by atoms with Crippen molar-refractivity contribution < 1.29 is 4.79 Å². The van der Waals surface area contributed by atoms with E-state index in [1.54, 1.807) is 23.5 Å². The Balaban J connectivity index is 2.22. The molecule has 2 nitrogen and oxygen atoms in total. The topological polar surface area (TPSA) is 20.3 Å². The van der Waals surface area contributed by atoms with Gasteiger partial charge in [0.1, 0.15) is 0 Å². The monoisotopic (exact) mass is 483 g/mol. The molecule has 0 fully saturated rings. The van der Waals surface area contributed by atoms with Crippen molar-refractivity contribution in [2.45, 2.75) is 13.5 Å². The summed E-state index contributed by atoms with van der Waals surface area (Å²) in [7, 11) is 0. The van der Waals surface area contributed by atoms with Crippen molar-refractivity contribution in [1.82, 2.24) is 4.90 Å². The maximum Gasteiger partial charge on any atom is 0.255 e. The Labute approximate surface area is 149 Å². The molecule has 0 saturated carbocycles. The molecule has 0 spiro atoms. The number of halogens is 3. The molecule has 0 aliphatic heterocycles. The zero-order chi connectivity index (χ0) is 14.7. The van der Waals surface area contributed by atoms with Crippen LogP contribution in [0.3, 0.4) is 0 Å². The third kappa shape index (κ3) is 3.96. The summed E-state index contributed by atoms with van der Waals surface area (Å²) in [6.07, 6.45) is 0. The standard InChI is InChI=1S/C14H12BrClINOS/c1-2-18(8-10-4-6-13(15)20-10)14(19)11-7-9(16)3-5-12(11)17/h3-7H,2,8H2,1H3. The average molecular weight is 485 g/mol. The zero-order valence-electron chi connectivity index (χ0n) is 10.7. The summed E-state index contributed by atoms with van der Waals surface area (Å²) in [5.74, 6) is 0.0175. The molecular weight excluding hydrogens is 472 g/mol. The number of hydrogen-bond acceptors (Lipinski definition) is 2. The normalized spacial score (nSPS) is 10.6. The van der Waals surface area contributed by atoms with Crippen LogP contribution >= 0.6 is 61.5 Å². The highest BCUT2D eigenvalue weighted by molar-refractivity contribution is 14.1. The van der Waals surface area contributed by atoms with Crippen LogP contribution in [0, 0.1) is 3.57 Å². The van der Waals surface area contributed by atoms with E-state index in [9.17, 15) is 4.79 Å². The van der Waals surface area contributed by atoms with Crippen LogP contribution in [-0.4, -0.2) is 17.4 Å². The molecular formula is C14H12BrClINOS. The molecule has 0 aliphatic rings. The second-order valence-corrected chi connectivity index (χ2v) is 8.30. The highest BCUT2D eigenvalue weighted by atomic mass is 127. The largest absolute Gasteiger partial charge is 0.334 e. The molecule has 0 aliphatic carbocycles. The van der Waals surface area contributed by atoms with Gasteiger partial charge in [0.2, 0.25) is 0 Å². The molecule has 1 aromatic heterocycles. The first-order valence-corrected chi connectivity index (χ1v) is 9.06. The van der Waals surface area contributed by atoms with Crippen molar-refractivity contribution in [3.63, 3.8) is 0 Å². The summed E-state index contributed by atoms with van der Waals surface area (Å²) in [5.41, 5.74) is 0.663. The van der Waals surface area contributed by atoms with Gasteiger partial charge in [-0.25, -0.2) is 0 Å². The van der Waals surface area contributed by atoms with Crippen LogP contribution in [0.2, 0.25) is 5.02 Å². The SMILES string of the molecule is CCN(Cc1ccc(Br)s1)C(=O)c1cc(Cl)ccc1I. The quantitative estimate of drug-likeness (QED) is 0.530. The van der Waals surface area contributed by atoms with E-state index >= 15 is 0 Å². The predicted molar refractivity (Wildman–Crippen MR) is 96.6 cm³/mol. The average Bonchev–Trinajstić information content (AvgIpc) is 2.83. The molecule has 1 aromatic carbocycles. The second kappa shape index (κ2) is 7.24. The van der Waals surface area contributed by atoms with E-state index in [4.69, 9.17) is 11.6 Å². The number of thiophene rings is 1. The summed E-state index contributed by atoms with van der Waals surface area (Å²) in [4.78, 5) is 15.6. The smallest absolute Gasteiger partial charge is 0.255 e. The Hall–Kier alpha value is -0.110. The van der Waals surface area contributed by atoms with Crippen molar-refractivity contribution >= 4 is 67.4 Å². The van der Waals surface area contributed by atoms with Crippen LogP contribution in [0.25, 0.3) is 0 Å². The minimum atomic E-state index is 0.0175. The minimum Gasteiger partial charge on any atom is -0.334 e. The summed E-state index contributed by atoms with van der Waals surface area (Å²) in [6.45, 7) is 3.27. The molecule has 0 N–H and O–H groups in total. The van der Waals surface area contributed by atoms with Crippen LogP contribution < -0.4 is 0 Å². The molecule has 0 radical (unpaired) electrons. The van der Waals surface area contributed by atoms with Gasteiger partial charge >= 0.3 is 0 Å². The molecule has 0 unspecified atom stereocenters. The number of benzene rings is 1. The fourth-order valence-corrected chi connectivity index (χ4v) is 4.02. The van der Waals surface area contributed by atoms with Gasteiger partial charge in [0, 0.05) is 20.0 Å². The molecule has 0 saturated heterocycles. The van der Waals surface area contributed by atoms with E-state index in [1.165, 1.54) is 0 Å². The second-order valence-electron chi connectivity index (χ2n) is 4.15. The van der Waals surface area contributed by atoms with Gasteiger partial charge in [0.25, 0.3) is 5.91 Å². The molecule has 2 aromatic rings. The number of nitrogens with zero attached hydrogens (tertiary/aromatic N) is 1. The Bertz CT molecular complexity index is 631. The maximum atomic E-state index is 12.6. The maximum absolute atomic E-state index is 12.6. The first-order chi connectivity index (χ1) is 9.51. The fraction of sp³-hybridized carbons (Fsp3) is 0.214. The highest BCUT2D eigenvalue weighted by Gasteiger charge is 2.18. The molecule has 2 rings (SSSR count). The van der Waals surface area contributed by atoms with Crippen molar-refractivity contribution in [2.75, 3.05) is 6.54 Å². The highest BCUT2D eigenvalue weighted by Crippen LogP contribution is 2.25. The van der Waals surface area contributed by atoms with Crippen LogP contribution in [-0.2, 0) is 6.54 Å². The first kappa shape index (κ1) is 16.3. The van der Waals surface area contributed by atoms with Crippen LogP contribution in [0.15, 0.2) is 34.1 Å². The summed E-state index contributed by atoms with van der Waals surface area (Å²) >= 11 is 13.2. The number of amides is 1. The molecule has 1 amide bonds. The lowest BCUT2D eigenvalue weighted by Gasteiger charge is -2.21. The lowest BCUT2D eigenvalue weighted by Crippen LogP contribution is -2.30. The van der Waals surface area contributed by atoms with Gasteiger partial charge in [0.15, 0.2) is 0 Å². The van der Waals surface area contributed by atoms with E-state index in [1.807, 2.05) is 30.0 Å². The van der Waals surface area contributed by atoms with Crippen LogP contribution in [0.5, 0.6) is 0 Å². The van der Waals surface area contributed by atoms with E-state index in [2.05, 4.69) is 38.5 Å². The van der Waals surface area contributed by atoms with Gasteiger partial charge in [-0.15, -0.1) is 11.3 Å². The van der Waals surface area contributed by atoms with Gasteiger partial charge < -0.3 is 4.90 Å². The Morgan fingerprint density at radius 2 is 2.15 bits per heavy atom. The lowest BCUT2D eigenvalue weighted by atomic mass is 10.2. The first-order valence-electron chi connectivity index (χ1n) is 5.99. The van der Waals surface area contributed by atoms with Gasteiger partial charge in [-0.1, -0.05) is 11.6 Å². The predicted octanol–water partition coefficient (Wildman–Crippen LogP) is 5.43. The third-order valence-corrected chi connectivity index (χ3v) is 5.59. The number of carbonyl (C=O) groups is 1. The molecule has 0 bridgehead atoms. The van der Waals surface area contributed by atoms with Crippen LogP contribution in [0.1, 0.15) is 22.2 Å². The van der Waals surface area contributed by atoms with Crippen molar-refractivity contribution in [3.8, 4) is 0 Å². The Morgan fingerprint density at radius 1 is 1.40 bits per heavy atom. The van der Waals surface area contributed by atoms with Gasteiger partial charge in [0.05, 0.1) is 15.9 Å². The molecule has 106 valence electrons. The van der Waals surface area contributed by atoms with Crippen molar-refractivity contribution in [1.29, 1.82) is 0 Å². The third-order valence-electron chi connectivity index (χ3n) is 2.80. The zero-order valence-corrected chi connectivity index (χ0v) is 16.0. The number of rotatable bonds is 4. The van der Waals surface area contributed by atoms with Crippen LogP contribution in [0.4, 0.5) is 0 Å². The lowest BCUT2D eigenvalue weighted by molar-refractivity contribution is 0.0753. The van der Waals surface area contributed by atoms with Crippen molar-refractivity contribution in [3.05, 3.63) is 53.2 Å². The molecule has 1 heterocycles. The summed E-state index contributed by atoms with van der Waals surface area (Å²) in [5, 5.41) is 0.587. The fourth-order valence-electron chi connectivity index (χ4n) is 1.78. The van der Waals surface area contributed by atoms with Gasteiger partial charge in [-0.05, 0) is 75.8 Å². The number of carbonyl (C=O) groups excluding carboxylic acids is 1. The van der Waals surface area contributed by atoms with E-state index in [0.717, 1.165) is 12.2 Å². The number of hydrogen-bond donors (Lipinski definition) is 0. The Morgan fingerprint density at radius 3 is 2.75 bits per heavy atom. The van der Waals surface area contributed by atoms with E-state index in [-0.39, 0.29) is 5.91 Å². The van der Waals surface area contributed by atoms with Gasteiger partial charge in [-0.2, -0.15) is 0 Å². The summed E-state index contributed by atoms with van der Waals surface area (Å²) in [6, 6.07) is 9.44. The Kier molecular flexibility index (Phi) is 5.89. The van der Waals surface area contributed by atoms with Gasteiger partial charge in [-0.3, -0.25) is 4.79 Å². The molecule has 6 heteroatoms. The van der Waals surface area contributed by atoms with E-state index < -0.39 is 0 Å². The van der Waals surface area contributed by atoms with E-state index in [0.29, 0.717) is 23.7 Å². The molecule has 0 atom stereocenters.